The van der Waals surface area contributed by atoms with Crippen LogP contribution in [0.1, 0.15) is 19.3 Å². The van der Waals surface area contributed by atoms with E-state index in [-0.39, 0.29) is 5.75 Å². The number of phenols is 1. The van der Waals surface area contributed by atoms with Gasteiger partial charge in [0.1, 0.15) is 11.6 Å². The van der Waals surface area contributed by atoms with Crippen LogP contribution in [0.25, 0.3) is 10.8 Å². The number of pyridine rings is 1. The summed E-state index contributed by atoms with van der Waals surface area (Å²) in [6.45, 7) is 0.800. The van der Waals surface area contributed by atoms with E-state index in [0.717, 1.165) is 23.1 Å². The van der Waals surface area contributed by atoms with Gasteiger partial charge in [0.05, 0.1) is 0 Å². The van der Waals surface area contributed by atoms with Crippen LogP contribution in [0.15, 0.2) is 30.5 Å². The Labute approximate surface area is 117 Å². The number of halogens is 1. The number of hydrogen-bond acceptors (Lipinski definition) is 3. The van der Waals surface area contributed by atoms with Gasteiger partial charge in [0.15, 0.2) is 0 Å². The van der Waals surface area contributed by atoms with Crippen molar-refractivity contribution >= 4 is 28.2 Å². The number of hydrogen-bond donors (Lipinski definition) is 1. The molecule has 100 valence electrons. The van der Waals surface area contributed by atoms with Crippen LogP contribution in [-0.2, 0) is 0 Å². The Bertz CT molecular complexity index is 583. The van der Waals surface area contributed by atoms with Gasteiger partial charge in [0.25, 0.3) is 0 Å². The van der Waals surface area contributed by atoms with Crippen molar-refractivity contribution in [2.45, 2.75) is 25.3 Å². The van der Waals surface area contributed by atoms with E-state index in [4.69, 9.17) is 11.6 Å². The summed E-state index contributed by atoms with van der Waals surface area (Å²) in [6, 6.07) is 7.94. The van der Waals surface area contributed by atoms with Gasteiger partial charge in [-0.05, 0) is 42.8 Å². The van der Waals surface area contributed by atoms with Crippen molar-refractivity contribution in [3.63, 3.8) is 0 Å². The molecule has 1 heterocycles. The van der Waals surface area contributed by atoms with Crippen LogP contribution in [0.2, 0.25) is 0 Å². The number of phenolic OH excluding ortho intramolecular Hbond substituents is 1. The van der Waals surface area contributed by atoms with Gasteiger partial charge in [0.2, 0.25) is 0 Å². The number of aromatic nitrogens is 1. The van der Waals surface area contributed by atoms with Crippen LogP contribution >= 0.6 is 11.6 Å². The summed E-state index contributed by atoms with van der Waals surface area (Å²) in [7, 11) is 0. The minimum atomic E-state index is 0.279. The third kappa shape index (κ3) is 2.35. The second-order valence-electron chi connectivity index (χ2n) is 5.01. The molecule has 0 amide bonds. The zero-order valence-electron chi connectivity index (χ0n) is 10.7. The maximum Gasteiger partial charge on any atom is 0.136 e. The second kappa shape index (κ2) is 5.25. The molecular weight excluding hydrogens is 260 g/mol. The Kier molecular flexibility index (Phi) is 3.47. The van der Waals surface area contributed by atoms with Gasteiger partial charge in [-0.1, -0.05) is 6.07 Å². The molecule has 19 heavy (non-hydrogen) atoms. The van der Waals surface area contributed by atoms with Crippen molar-refractivity contribution in [1.82, 2.24) is 4.98 Å². The zero-order chi connectivity index (χ0) is 13.2. The molecule has 1 fully saturated rings. The lowest BCUT2D eigenvalue weighted by atomic mass is 9.91. The molecule has 0 atom stereocenters. The van der Waals surface area contributed by atoms with Gasteiger partial charge >= 0.3 is 0 Å². The highest BCUT2D eigenvalue weighted by molar-refractivity contribution is 6.18. The molecule has 0 radical (unpaired) electrons. The number of anilines is 1. The Morgan fingerprint density at radius 3 is 2.84 bits per heavy atom. The van der Waals surface area contributed by atoms with E-state index in [1.54, 1.807) is 12.1 Å². The molecule has 0 aliphatic heterocycles. The maximum absolute atomic E-state index is 9.70. The topological polar surface area (TPSA) is 36.4 Å². The molecule has 1 aliphatic rings. The number of aromatic hydroxyl groups is 1. The number of alkyl halides is 1. The minimum Gasteiger partial charge on any atom is -0.508 e. The molecule has 0 unspecified atom stereocenters. The van der Waals surface area contributed by atoms with Crippen molar-refractivity contribution in [3.05, 3.63) is 30.5 Å². The fourth-order valence-electron chi connectivity index (χ4n) is 2.62. The van der Waals surface area contributed by atoms with E-state index in [9.17, 15) is 5.11 Å². The largest absolute Gasteiger partial charge is 0.508 e. The van der Waals surface area contributed by atoms with Crippen LogP contribution in [0.4, 0.5) is 5.82 Å². The van der Waals surface area contributed by atoms with Gasteiger partial charge in [-0.15, -0.1) is 11.6 Å². The number of benzene rings is 1. The highest BCUT2D eigenvalue weighted by Gasteiger charge is 2.26. The molecule has 4 heteroatoms. The monoisotopic (exact) mass is 276 g/mol. The van der Waals surface area contributed by atoms with E-state index in [2.05, 4.69) is 9.88 Å². The van der Waals surface area contributed by atoms with E-state index in [1.165, 1.54) is 19.3 Å². The standard InChI is InChI=1S/C15H17ClN2O/c16-7-9-18(12-2-1-3-12)15-14-10-13(19)5-4-11(14)6-8-17-15/h4-6,8,10,12,19H,1-3,7,9H2. The summed E-state index contributed by atoms with van der Waals surface area (Å²) in [6.07, 6.45) is 5.51. The van der Waals surface area contributed by atoms with Gasteiger partial charge in [-0.2, -0.15) is 0 Å². The first kappa shape index (κ1) is 12.5. The molecule has 3 nitrogen and oxygen atoms in total. The average molecular weight is 277 g/mol. The number of rotatable bonds is 4. The summed E-state index contributed by atoms with van der Waals surface area (Å²) in [5, 5.41) is 11.8. The van der Waals surface area contributed by atoms with Crippen LogP contribution in [0.5, 0.6) is 5.75 Å². The van der Waals surface area contributed by atoms with E-state index in [1.807, 2.05) is 18.3 Å². The number of nitrogens with zero attached hydrogens (tertiary/aromatic N) is 2. The normalized spacial score (nSPS) is 15.4. The molecular formula is C15H17ClN2O. The highest BCUT2D eigenvalue weighted by atomic mass is 35.5. The molecule has 1 saturated carbocycles. The van der Waals surface area contributed by atoms with Crippen LogP contribution < -0.4 is 4.90 Å². The van der Waals surface area contributed by atoms with E-state index >= 15 is 0 Å². The quantitative estimate of drug-likeness (QED) is 0.868. The molecule has 1 aliphatic carbocycles. The third-order valence-corrected chi connectivity index (χ3v) is 4.01. The molecule has 2 aromatic rings. The SMILES string of the molecule is Oc1ccc2ccnc(N(CCCl)C3CCC3)c2c1. The predicted octanol–water partition coefficient (Wildman–Crippen LogP) is 3.54. The highest BCUT2D eigenvalue weighted by Crippen LogP contribution is 2.33. The molecule has 0 saturated heterocycles. The summed E-state index contributed by atoms with van der Waals surface area (Å²) >= 11 is 5.93. The smallest absolute Gasteiger partial charge is 0.136 e. The van der Waals surface area contributed by atoms with E-state index < -0.39 is 0 Å². The van der Waals surface area contributed by atoms with Crippen LogP contribution in [0, 0.1) is 0 Å². The molecule has 1 N–H and O–H groups in total. The summed E-state index contributed by atoms with van der Waals surface area (Å²) in [5.41, 5.74) is 0. The maximum atomic E-state index is 9.70. The molecule has 1 aromatic heterocycles. The molecule has 0 bridgehead atoms. The lowest BCUT2D eigenvalue weighted by Crippen LogP contribution is -2.42. The van der Waals surface area contributed by atoms with Crippen molar-refractivity contribution in [1.29, 1.82) is 0 Å². The Morgan fingerprint density at radius 1 is 1.32 bits per heavy atom. The van der Waals surface area contributed by atoms with Crippen molar-refractivity contribution in [2.24, 2.45) is 0 Å². The van der Waals surface area contributed by atoms with E-state index in [0.29, 0.717) is 11.9 Å². The fourth-order valence-corrected chi connectivity index (χ4v) is 2.80. The van der Waals surface area contributed by atoms with Crippen molar-refractivity contribution < 1.29 is 5.11 Å². The van der Waals surface area contributed by atoms with Crippen molar-refractivity contribution in [3.8, 4) is 5.75 Å². The first-order chi connectivity index (χ1) is 9.29. The molecule has 0 spiro atoms. The minimum absolute atomic E-state index is 0.279. The summed E-state index contributed by atoms with van der Waals surface area (Å²) < 4.78 is 0. The van der Waals surface area contributed by atoms with Crippen molar-refractivity contribution in [2.75, 3.05) is 17.3 Å². The molecule has 1 aromatic carbocycles. The molecule has 3 rings (SSSR count). The van der Waals surface area contributed by atoms with Crippen LogP contribution in [-0.4, -0.2) is 28.6 Å². The first-order valence-corrected chi connectivity index (χ1v) is 7.23. The second-order valence-corrected chi connectivity index (χ2v) is 5.39. The summed E-state index contributed by atoms with van der Waals surface area (Å²) in [4.78, 5) is 6.82. The van der Waals surface area contributed by atoms with Gasteiger partial charge in [0, 0.05) is 30.0 Å². The zero-order valence-corrected chi connectivity index (χ0v) is 11.5. The van der Waals surface area contributed by atoms with Gasteiger partial charge in [-0.3, -0.25) is 0 Å². The fraction of sp³-hybridized carbons (Fsp3) is 0.400. The lowest BCUT2D eigenvalue weighted by molar-refractivity contribution is 0.389. The predicted molar refractivity (Wildman–Crippen MR) is 79.1 cm³/mol. The first-order valence-electron chi connectivity index (χ1n) is 6.70. The Morgan fingerprint density at radius 2 is 2.16 bits per heavy atom. The average Bonchev–Trinajstić information content (AvgIpc) is 2.35. The van der Waals surface area contributed by atoms with Gasteiger partial charge < -0.3 is 10.0 Å². The van der Waals surface area contributed by atoms with Gasteiger partial charge in [-0.25, -0.2) is 4.98 Å². The number of fused-ring (bicyclic) bond motifs is 1. The Balaban J connectivity index is 2.08. The van der Waals surface area contributed by atoms with Crippen LogP contribution in [0.3, 0.4) is 0 Å². The third-order valence-electron chi connectivity index (χ3n) is 3.84. The lowest BCUT2D eigenvalue weighted by Gasteiger charge is -2.38. The Hall–Kier alpha value is -1.48. The summed E-state index contributed by atoms with van der Waals surface area (Å²) in [5.74, 6) is 1.81.